The zero-order valence-corrected chi connectivity index (χ0v) is 9.38. The van der Waals surface area contributed by atoms with Gasteiger partial charge in [0.2, 0.25) is 0 Å². The Balaban J connectivity index is 2.55. The monoisotopic (exact) mass is 196 g/mol. The molecule has 2 atom stereocenters. The summed E-state index contributed by atoms with van der Waals surface area (Å²) in [6.45, 7) is 11.8. The van der Waals surface area contributed by atoms with E-state index in [2.05, 4.69) is 20.8 Å². The van der Waals surface area contributed by atoms with Gasteiger partial charge in [-0.3, -0.25) is 4.79 Å². The first-order valence-electron chi connectivity index (χ1n) is 5.40. The average molecular weight is 196 g/mol. The molecule has 2 unspecified atom stereocenters. The highest BCUT2D eigenvalue weighted by Gasteiger charge is 2.35. The van der Waals surface area contributed by atoms with E-state index in [1.807, 2.05) is 0 Å². The van der Waals surface area contributed by atoms with Gasteiger partial charge in [-0.1, -0.05) is 20.8 Å². The van der Waals surface area contributed by atoms with Crippen molar-refractivity contribution < 1.29 is 9.53 Å². The summed E-state index contributed by atoms with van der Waals surface area (Å²) in [7, 11) is 0. The smallest absolute Gasteiger partial charge is 0.311 e. The third-order valence-electron chi connectivity index (χ3n) is 3.64. The van der Waals surface area contributed by atoms with Crippen molar-refractivity contribution in [1.82, 2.24) is 0 Å². The van der Waals surface area contributed by atoms with E-state index < -0.39 is 5.97 Å². The fourth-order valence-electron chi connectivity index (χ4n) is 2.25. The number of carbonyl (C=O) groups is 1. The zero-order chi connectivity index (χ0) is 10.8. The van der Waals surface area contributed by atoms with Gasteiger partial charge in [0, 0.05) is 0 Å². The highest BCUT2D eigenvalue weighted by Crippen LogP contribution is 2.42. The summed E-state index contributed by atoms with van der Waals surface area (Å²) in [5.74, 6) is -0.00946. The van der Waals surface area contributed by atoms with E-state index >= 15 is 0 Å². The molecule has 1 saturated carbocycles. The van der Waals surface area contributed by atoms with Gasteiger partial charge in [-0.15, -0.1) is 0 Å². The van der Waals surface area contributed by atoms with Crippen LogP contribution in [0.5, 0.6) is 0 Å². The van der Waals surface area contributed by atoms with Gasteiger partial charge in [0.15, 0.2) is 0 Å². The van der Waals surface area contributed by atoms with Crippen LogP contribution in [-0.2, 0) is 9.53 Å². The summed E-state index contributed by atoms with van der Waals surface area (Å²) >= 11 is 0. The Morgan fingerprint density at radius 3 is 2.71 bits per heavy atom. The molecule has 0 heterocycles. The zero-order valence-electron chi connectivity index (χ0n) is 9.38. The number of hydrogen-bond donors (Lipinski definition) is 0. The van der Waals surface area contributed by atoms with E-state index in [4.69, 9.17) is 11.7 Å². The topological polar surface area (TPSA) is 26.3 Å². The molecule has 0 aromatic rings. The molecule has 1 fully saturated rings. The quantitative estimate of drug-likeness (QED) is 0.635. The van der Waals surface area contributed by atoms with Gasteiger partial charge in [0.1, 0.15) is 6.10 Å². The molecule has 0 spiro atoms. The molecular weight excluding hydrogens is 176 g/mol. The van der Waals surface area contributed by atoms with Crippen LogP contribution < -0.4 is 0 Å². The molecule has 1 rings (SSSR count). The third-order valence-corrected chi connectivity index (χ3v) is 3.64. The fourth-order valence-corrected chi connectivity index (χ4v) is 2.25. The molecule has 2 radical (unpaired) electrons. The Bertz CT molecular complexity index is 210. The van der Waals surface area contributed by atoms with Crippen LogP contribution in [0.2, 0.25) is 0 Å². The van der Waals surface area contributed by atoms with Gasteiger partial charge in [-0.2, -0.15) is 0 Å². The van der Waals surface area contributed by atoms with Crippen molar-refractivity contribution in [3.05, 3.63) is 6.92 Å². The van der Waals surface area contributed by atoms with Crippen molar-refractivity contribution in [3.63, 3.8) is 0 Å². The first-order chi connectivity index (χ1) is 6.44. The lowest BCUT2D eigenvalue weighted by atomic mass is 9.67. The van der Waals surface area contributed by atoms with Crippen molar-refractivity contribution in [2.45, 2.75) is 52.6 Å². The maximum absolute atomic E-state index is 10.6. The highest BCUT2D eigenvalue weighted by molar-refractivity contribution is 5.73. The Hall–Kier alpha value is -0.530. The minimum absolute atomic E-state index is 0.0358. The number of esters is 1. The van der Waals surface area contributed by atoms with Crippen molar-refractivity contribution >= 4 is 5.97 Å². The van der Waals surface area contributed by atoms with E-state index in [1.165, 1.54) is 6.42 Å². The molecule has 2 heteroatoms. The molecule has 0 aliphatic heterocycles. The maximum Gasteiger partial charge on any atom is 0.311 e. The second-order valence-corrected chi connectivity index (χ2v) is 4.96. The molecule has 0 bridgehead atoms. The van der Waals surface area contributed by atoms with Crippen LogP contribution in [0.25, 0.3) is 0 Å². The summed E-state index contributed by atoms with van der Waals surface area (Å²) in [5.41, 5.74) is 0.304. The normalized spacial score (nSPS) is 33.1. The fraction of sp³-hybridized carbons (Fsp3) is 0.833. The summed E-state index contributed by atoms with van der Waals surface area (Å²) in [5, 5.41) is 0. The molecule has 0 saturated heterocycles. The van der Waals surface area contributed by atoms with Crippen molar-refractivity contribution in [2.24, 2.45) is 11.3 Å². The average Bonchev–Trinajstić information content (AvgIpc) is 2.02. The molecule has 1 aliphatic rings. The number of hydrogen-bond acceptors (Lipinski definition) is 2. The molecule has 0 aromatic carbocycles. The van der Waals surface area contributed by atoms with Gasteiger partial charge in [-0.05, 0) is 37.0 Å². The van der Waals surface area contributed by atoms with E-state index in [-0.39, 0.29) is 6.10 Å². The minimum Gasteiger partial charge on any atom is -0.462 e. The van der Waals surface area contributed by atoms with Crippen LogP contribution in [0.3, 0.4) is 0 Å². The van der Waals surface area contributed by atoms with Crippen LogP contribution in [0.4, 0.5) is 0 Å². The van der Waals surface area contributed by atoms with Crippen LogP contribution >= 0.6 is 0 Å². The predicted octanol–water partition coefficient (Wildman–Crippen LogP) is 2.85. The van der Waals surface area contributed by atoms with E-state index in [0.717, 1.165) is 19.3 Å². The lowest BCUT2D eigenvalue weighted by molar-refractivity contribution is -0.147. The van der Waals surface area contributed by atoms with E-state index in [1.54, 1.807) is 0 Å². The van der Waals surface area contributed by atoms with Gasteiger partial charge in [0.05, 0.1) is 6.92 Å². The summed E-state index contributed by atoms with van der Waals surface area (Å²) in [6, 6.07) is 0. The lowest BCUT2D eigenvalue weighted by Gasteiger charge is -2.40. The summed E-state index contributed by atoms with van der Waals surface area (Å²) in [6.07, 6.45) is 4.31. The lowest BCUT2D eigenvalue weighted by Crippen LogP contribution is -2.35. The summed E-state index contributed by atoms with van der Waals surface area (Å²) in [4.78, 5) is 10.6. The van der Waals surface area contributed by atoms with Crippen molar-refractivity contribution in [2.75, 3.05) is 0 Å². The number of carbonyl (C=O) groups excluding carboxylic acids is 1. The Kier molecular flexibility index (Phi) is 3.57. The first-order valence-corrected chi connectivity index (χ1v) is 5.40. The molecule has 14 heavy (non-hydrogen) atoms. The predicted molar refractivity (Wildman–Crippen MR) is 55.6 cm³/mol. The van der Waals surface area contributed by atoms with Crippen LogP contribution in [0.15, 0.2) is 0 Å². The summed E-state index contributed by atoms with van der Waals surface area (Å²) < 4.78 is 5.08. The van der Waals surface area contributed by atoms with Gasteiger partial charge < -0.3 is 4.74 Å². The van der Waals surface area contributed by atoms with E-state index in [0.29, 0.717) is 11.3 Å². The molecule has 2 nitrogen and oxygen atoms in total. The van der Waals surface area contributed by atoms with Gasteiger partial charge >= 0.3 is 5.97 Å². The molecule has 0 aromatic heterocycles. The minimum atomic E-state index is -0.636. The maximum atomic E-state index is 10.6. The standard InChI is InChI=1S/C12H20O2/c1-9(2)12(4)7-5-6-11(8-12)14-10(3)13/h3,9,11H,5-8H2,1-2,4H3. The van der Waals surface area contributed by atoms with Crippen molar-refractivity contribution in [3.8, 4) is 0 Å². The molecule has 80 valence electrons. The Morgan fingerprint density at radius 1 is 1.57 bits per heavy atom. The second-order valence-electron chi connectivity index (χ2n) is 4.96. The molecular formula is C12H20O2. The van der Waals surface area contributed by atoms with E-state index in [9.17, 15) is 4.79 Å². The van der Waals surface area contributed by atoms with Crippen LogP contribution in [0, 0.1) is 18.3 Å². The second kappa shape index (κ2) is 4.33. The Labute approximate surface area is 87.0 Å². The molecule has 0 N–H and O–H groups in total. The largest absolute Gasteiger partial charge is 0.462 e. The number of ether oxygens (including phenoxy) is 1. The Morgan fingerprint density at radius 2 is 2.21 bits per heavy atom. The van der Waals surface area contributed by atoms with Crippen molar-refractivity contribution in [1.29, 1.82) is 0 Å². The first kappa shape index (κ1) is 11.5. The van der Waals surface area contributed by atoms with Gasteiger partial charge in [-0.25, -0.2) is 0 Å². The van der Waals surface area contributed by atoms with Crippen LogP contribution in [-0.4, -0.2) is 12.1 Å². The molecule has 1 aliphatic carbocycles. The number of rotatable bonds is 2. The third kappa shape index (κ3) is 2.73. The highest BCUT2D eigenvalue weighted by atomic mass is 16.5. The van der Waals surface area contributed by atoms with Gasteiger partial charge in [0.25, 0.3) is 0 Å². The SMILES string of the molecule is [CH]C(=O)OC1CCCC(C)(C(C)C)C1. The van der Waals surface area contributed by atoms with Crippen LogP contribution in [0.1, 0.15) is 46.5 Å². The molecule has 0 amide bonds.